The number of fused-ring (bicyclic) bond motifs is 1. The van der Waals surface area contributed by atoms with Crippen LogP contribution in [0.4, 0.5) is 4.79 Å². The first-order valence-electron chi connectivity index (χ1n) is 5.82. The molecule has 1 aliphatic rings. The lowest BCUT2D eigenvalue weighted by atomic mass is 10.0. The van der Waals surface area contributed by atoms with Crippen molar-refractivity contribution in [3.63, 3.8) is 0 Å². The first kappa shape index (κ1) is 12.5. The Morgan fingerprint density at radius 2 is 2.33 bits per heavy atom. The number of aromatic amines is 1. The van der Waals surface area contributed by atoms with Gasteiger partial charge in [0.05, 0.1) is 18.8 Å². The molecule has 6 heteroatoms. The minimum Gasteiger partial charge on any atom is -0.484 e. The summed E-state index contributed by atoms with van der Waals surface area (Å²) in [6.45, 7) is 4.21. The molecular formula is C12H16N2O4. The van der Waals surface area contributed by atoms with Crippen LogP contribution in [0.2, 0.25) is 0 Å². The fraction of sp³-hybridized carbons (Fsp3) is 0.500. The summed E-state index contributed by atoms with van der Waals surface area (Å²) in [7, 11) is 0. The van der Waals surface area contributed by atoms with Gasteiger partial charge in [-0.15, -0.1) is 0 Å². The number of pyridine rings is 1. The third-order valence-corrected chi connectivity index (χ3v) is 3.21. The van der Waals surface area contributed by atoms with Gasteiger partial charge in [0.2, 0.25) is 5.56 Å². The zero-order valence-corrected chi connectivity index (χ0v) is 10.4. The van der Waals surface area contributed by atoms with Crippen molar-refractivity contribution in [3.05, 3.63) is 28.2 Å². The predicted molar refractivity (Wildman–Crippen MR) is 64.8 cm³/mol. The number of ether oxygens (including phenoxy) is 1. The van der Waals surface area contributed by atoms with Crippen LogP contribution in [0, 0.1) is 0 Å². The number of carbonyl (C=O) groups is 1. The van der Waals surface area contributed by atoms with Gasteiger partial charge in [0, 0.05) is 6.07 Å². The summed E-state index contributed by atoms with van der Waals surface area (Å²) in [5, 5.41) is 9.16. The van der Waals surface area contributed by atoms with Crippen molar-refractivity contribution >= 4 is 6.09 Å². The first-order valence-corrected chi connectivity index (χ1v) is 5.82. The molecule has 0 aromatic carbocycles. The van der Waals surface area contributed by atoms with Gasteiger partial charge in [-0.2, -0.15) is 0 Å². The Morgan fingerprint density at radius 1 is 1.61 bits per heavy atom. The number of amides is 1. The quantitative estimate of drug-likeness (QED) is 0.791. The van der Waals surface area contributed by atoms with Crippen molar-refractivity contribution in [2.24, 2.45) is 0 Å². The SMILES string of the molecule is CCC1(C)CN(C(=O)O)Cc2[nH]c(=O)ccc2O1. The fourth-order valence-electron chi connectivity index (χ4n) is 1.98. The molecule has 0 spiro atoms. The Bertz CT molecular complexity index is 525. The molecule has 1 aromatic rings. The molecular weight excluding hydrogens is 236 g/mol. The van der Waals surface area contributed by atoms with Crippen molar-refractivity contribution in [3.8, 4) is 5.75 Å². The van der Waals surface area contributed by atoms with Crippen LogP contribution >= 0.6 is 0 Å². The summed E-state index contributed by atoms with van der Waals surface area (Å²) >= 11 is 0. The number of hydrogen-bond acceptors (Lipinski definition) is 3. The van der Waals surface area contributed by atoms with Crippen LogP contribution in [0.1, 0.15) is 26.0 Å². The number of aromatic nitrogens is 1. The average Bonchev–Trinajstić information content (AvgIpc) is 2.46. The van der Waals surface area contributed by atoms with Crippen LogP contribution in [0.15, 0.2) is 16.9 Å². The molecule has 0 radical (unpaired) electrons. The molecule has 0 fully saturated rings. The Balaban J connectivity index is 2.46. The molecule has 1 unspecified atom stereocenters. The zero-order chi connectivity index (χ0) is 13.3. The summed E-state index contributed by atoms with van der Waals surface area (Å²) in [4.78, 5) is 26.4. The maximum absolute atomic E-state index is 11.3. The van der Waals surface area contributed by atoms with E-state index in [2.05, 4.69) is 4.98 Å². The van der Waals surface area contributed by atoms with Crippen molar-refractivity contribution in [1.29, 1.82) is 0 Å². The molecule has 1 atom stereocenters. The lowest BCUT2D eigenvalue weighted by molar-refractivity contribution is 0.0497. The molecule has 18 heavy (non-hydrogen) atoms. The number of rotatable bonds is 1. The van der Waals surface area contributed by atoms with E-state index in [9.17, 15) is 9.59 Å². The number of nitrogens with zero attached hydrogens (tertiary/aromatic N) is 1. The number of hydrogen-bond donors (Lipinski definition) is 2. The third-order valence-electron chi connectivity index (χ3n) is 3.21. The molecule has 2 heterocycles. The predicted octanol–water partition coefficient (Wildman–Crippen LogP) is 1.42. The van der Waals surface area contributed by atoms with E-state index in [0.29, 0.717) is 17.9 Å². The summed E-state index contributed by atoms with van der Waals surface area (Å²) in [5.41, 5.74) is -0.341. The van der Waals surface area contributed by atoms with Gasteiger partial charge in [0.15, 0.2) is 0 Å². The van der Waals surface area contributed by atoms with E-state index in [4.69, 9.17) is 9.84 Å². The minimum absolute atomic E-state index is 0.135. The molecule has 0 bridgehead atoms. The highest BCUT2D eigenvalue weighted by atomic mass is 16.5. The van der Waals surface area contributed by atoms with E-state index in [1.807, 2.05) is 13.8 Å². The lowest BCUT2D eigenvalue weighted by Gasteiger charge is -2.30. The van der Waals surface area contributed by atoms with Crippen LogP contribution < -0.4 is 10.3 Å². The highest BCUT2D eigenvalue weighted by molar-refractivity contribution is 5.65. The van der Waals surface area contributed by atoms with Crippen molar-refractivity contribution in [2.45, 2.75) is 32.4 Å². The standard InChI is InChI=1S/C12H16N2O4/c1-3-12(2)7-14(11(16)17)6-8-9(18-12)4-5-10(15)13-8/h4-5H,3,6-7H2,1-2H3,(H,13,15)(H,16,17). The van der Waals surface area contributed by atoms with E-state index in [1.165, 1.54) is 11.0 Å². The van der Waals surface area contributed by atoms with E-state index in [-0.39, 0.29) is 18.6 Å². The summed E-state index contributed by atoms with van der Waals surface area (Å²) in [6.07, 6.45) is -0.342. The lowest BCUT2D eigenvalue weighted by Crippen LogP contribution is -2.44. The maximum atomic E-state index is 11.3. The van der Waals surface area contributed by atoms with Crippen LogP contribution in [-0.4, -0.2) is 33.2 Å². The van der Waals surface area contributed by atoms with Crippen LogP contribution in [0.3, 0.4) is 0 Å². The first-order chi connectivity index (χ1) is 8.43. The number of nitrogens with one attached hydrogen (secondary N) is 1. The molecule has 2 N–H and O–H groups in total. The van der Waals surface area contributed by atoms with Gasteiger partial charge >= 0.3 is 6.09 Å². The van der Waals surface area contributed by atoms with Gasteiger partial charge in [-0.3, -0.25) is 9.69 Å². The van der Waals surface area contributed by atoms with E-state index < -0.39 is 11.7 Å². The van der Waals surface area contributed by atoms with Gasteiger partial charge in [0.1, 0.15) is 11.4 Å². The smallest absolute Gasteiger partial charge is 0.407 e. The molecule has 0 saturated heterocycles. The van der Waals surface area contributed by atoms with Gasteiger partial charge in [-0.25, -0.2) is 4.79 Å². The Kier molecular flexibility index (Phi) is 3.02. The van der Waals surface area contributed by atoms with Crippen LogP contribution in [0.25, 0.3) is 0 Å². The second kappa shape index (κ2) is 4.36. The summed E-state index contributed by atoms with van der Waals surface area (Å²) in [5.74, 6) is 0.544. The molecule has 1 amide bonds. The molecule has 1 aliphatic heterocycles. The molecule has 98 valence electrons. The summed E-state index contributed by atoms with van der Waals surface area (Å²) in [6, 6.07) is 2.97. The monoisotopic (exact) mass is 252 g/mol. The van der Waals surface area contributed by atoms with Gasteiger partial charge in [-0.05, 0) is 19.4 Å². The van der Waals surface area contributed by atoms with E-state index >= 15 is 0 Å². The molecule has 2 rings (SSSR count). The highest BCUT2D eigenvalue weighted by Gasteiger charge is 2.34. The van der Waals surface area contributed by atoms with Gasteiger partial charge < -0.3 is 14.8 Å². The van der Waals surface area contributed by atoms with Gasteiger partial charge in [0.25, 0.3) is 0 Å². The Labute approximate surface area is 104 Å². The fourth-order valence-corrected chi connectivity index (χ4v) is 1.98. The summed E-state index contributed by atoms with van der Waals surface area (Å²) < 4.78 is 5.85. The van der Waals surface area contributed by atoms with Crippen LogP contribution in [-0.2, 0) is 6.54 Å². The Morgan fingerprint density at radius 3 is 2.94 bits per heavy atom. The third kappa shape index (κ3) is 2.32. The molecule has 6 nitrogen and oxygen atoms in total. The topological polar surface area (TPSA) is 82.6 Å². The Hall–Kier alpha value is -1.98. The highest BCUT2D eigenvalue weighted by Crippen LogP contribution is 2.29. The van der Waals surface area contributed by atoms with Crippen LogP contribution in [0.5, 0.6) is 5.75 Å². The average molecular weight is 252 g/mol. The second-order valence-electron chi connectivity index (χ2n) is 4.71. The van der Waals surface area contributed by atoms with E-state index in [1.54, 1.807) is 6.07 Å². The number of carboxylic acid groups (broad SMARTS) is 1. The maximum Gasteiger partial charge on any atom is 0.407 e. The largest absolute Gasteiger partial charge is 0.484 e. The number of H-pyrrole nitrogens is 1. The van der Waals surface area contributed by atoms with E-state index in [0.717, 1.165) is 0 Å². The zero-order valence-electron chi connectivity index (χ0n) is 10.4. The normalized spacial score (nSPS) is 22.9. The van der Waals surface area contributed by atoms with Crippen molar-refractivity contribution in [2.75, 3.05) is 6.54 Å². The minimum atomic E-state index is -1.02. The molecule has 0 saturated carbocycles. The van der Waals surface area contributed by atoms with Crippen molar-refractivity contribution in [1.82, 2.24) is 9.88 Å². The molecule has 0 aliphatic carbocycles. The molecule has 1 aromatic heterocycles. The van der Waals surface area contributed by atoms with Crippen molar-refractivity contribution < 1.29 is 14.6 Å². The van der Waals surface area contributed by atoms with Gasteiger partial charge in [-0.1, -0.05) is 6.92 Å². The second-order valence-corrected chi connectivity index (χ2v) is 4.71.